The van der Waals surface area contributed by atoms with E-state index >= 15 is 0 Å². The van der Waals surface area contributed by atoms with Gasteiger partial charge in [-0.25, -0.2) is 8.42 Å². The lowest BCUT2D eigenvalue weighted by Gasteiger charge is -2.17. The molecule has 3 aromatic carbocycles. The first-order chi connectivity index (χ1) is 15.2. The molecule has 0 unspecified atom stereocenters. The van der Waals surface area contributed by atoms with Crippen LogP contribution in [-0.4, -0.2) is 34.2 Å². The summed E-state index contributed by atoms with van der Waals surface area (Å²) in [4.78, 5) is 13.4. The molecule has 0 aliphatic carbocycles. The Morgan fingerprint density at radius 1 is 1.03 bits per heavy atom. The molecular weight excluding hydrogens is 468 g/mol. The van der Waals surface area contributed by atoms with Crippen molar-refractivity contribution in [3.05, 3.63) is 83.4 Å². The number of carbonyl (C=O) groups is 1. The number of thioether (sulfide) groups is 1. The molecule has 1 N–H and O–H groups in total. The summed E-state index contributed by atoms with van der Waals surface area (Å²) in [6.45, 7) is -0.169. The smallest absolute Gasteiger partial charge is 0.262 e. The number of nitrogens with one attached hydrogen (secondary N) is 1. The van der Waals surface area contributed by atoms with Crippen LogP contribution in [0.2, 0.25) is 5.02 Å². The van der Waals surface area contributed by atoms with Crippen molar-refractivity contribution in [1.82, 2.24) is 0 Å². The second-order valence-corrected chi connectivity index (χ2v) is 10.4. The van der Waals surface area contributed by atoms with Crippen LogP contribution < -0.4 is 14.4 Å². The Balaban J connectivity index is 1.55. The number of carbonyl (C=O) groups excluding carboxylic acids is 1. The molecule has 168 valence electrons. The minimum Gasteiger partial charge on any atom is -0.484 e. The molecule has 0 fully saturated rings. The van der Waals surface area contributed by atoms with E-state index in [0.29, 0.717) is 22.1 Å². The summed E-state index contributed by atoms with van der Waals surface area (Å²) in [5.74, 6) is 0.924. The van der Waals surface area contributed by atoms with Crippen LogP contribution >= 0.6 is 23.4 Å². The number of para-hydroxylation sites is 1. The molecule has 3 rings (SSSR count). The molecule has 0 aliphatic rings. The van der Waals surface area contributed by atoms with E-state index in [1.807, 2.05) is 48.5 Å². The van der Waals surface area contributed by atoms with Gasteiger partial charge in [0, 0.05) is 22.7 Å². The Bertz CT molecular complexity index is 1170. The fourth-order valence-electron chi connectivity index (χ4n) is 2.72. The third kappa shape index (κ3) is 6.91. The van der Waals surface area contributed by atoms with E-state index in [1.165, 1.54) is 11.4 Å². The zero-order chi connectivity index (χ0) is 23.1. The van der Waals surface area contributed by atoms with Crippen LogP contribution in [0.25, 0.3) is 0 Å². The SMILES string of the molecule is CN(c1ccc(OCC(=O)Nc2ccccc2SCc2ccc(Cl)cc2)cc1)S(C)(=O)=O. The van der Waals surface area contributed by atoms with Gasteiger partial charge in [-0.3, -0.25) is 9.10 Å². The number of hydrogen-bond donors (Lipinski definition) is 1. The molecule has 0 aromatic heterocycles. The molecule has 0 aliphatic heterocycles. The maximum atomic E-state index is 12.4. The largest absolute Gasteiger partial charge is 0.484 e. The molecule has 9 heteroatoms. The van der Waals surface area contributed by atoms with Gasteiger partial charge < -0.3 is 10.1 Å². The zero-order valence-electron chi connectivity index (χ0n) is 17.6. The van der Waals surface area contributed by atoms with Crippen molar-refractivity contribution in [3.63, 3.8) is 0 Å². The van der Waals surface area contributed by atoms with Gasteiger partial charge in [0.2, 0.25) is 10.0 Å². The summed E-state index contributed by atoms with van der Waals surface area (Å²) in [5.41, 5.74) is 2.36. The van der Waals surface area contributed by atoms with E-state index < -0.39 is 10.0 Å². The third-order valence-corrected chi connectivity index (χ3v) is 7.14. The average Bonchev–Trinajstić information content (AvgIpc) is 2.77. The lowest BCUT2D eigenvalue weighted by atomic mass is 10.2. The van der Waals surface area contributed by atoms with Gasteiger partial charge in [0.15, 0.2) is 6.61 Å². The Morgan fingerprint density at radius 3 is 2.34 bits per heavy atom. The van der Waals surface area contributed by atoms with Gasteiger partial charge in [-0.05, 0) is 54.1 Å². The number of amides is 1. The van der Waals surface area contributed by atoms with Gasteiger partial charge in [-0.2, -0.15) is 0 Å². The number of anilines is 2. The average molecular weight is 491 g/mol. The van der Waals surface area contributed by atoms with Crippen molar-refractivity contribution >= 4 is 50.7 Å². The maximum absolute atomic E-state index is 12.4. The molecule has 0 atom stereocenters. The number of hydrogen-bond acceptors (Lipinski definition) is 5. The Kier molecular flexibility index (Phi) is 8.06. The van der Waals surface area contributed by atoms with Crippen molar-refractivity contribution in [1.29, 1.82) is 0 Å². The number of ether oxygens (including phenoxy) is 1. The topological polar surface area (TPSA) is 75.7 Å². The summed E-state index contributed by atoms with van der Waals surface area (Å²) >= 11 is 7.55. The van der Waals surface area contributed by atoms with Crippen LogP contribution in [0.15, 0.2) is 77.7 Å². The van der Waals surface area contributed by atoms with E-state index in [-0.39, 0.29) is 12.5 Å². The Hall–Kier alpha value is -2.68. The van der Waals surface area contributed by atoms with Gasteiger partial charge in [0.05, 0.1) is 17.6 Å². The van der Waals surface area contributed by atoms with E-state index in [0.717, 1.165) is 22.5 Å². The highest BCUT2D eigenvalue weighted by Gasteiger charge is 2.12. The number of nitrogens with zero attached hydrogens (tertiary/aromatic N) is 1. The first-order valence-corrected chi connectivity index (χ1v) is 12.9. The maximum Gasteiger partial charge on any atom is 0.262 e. The van der Waals surface area contributed by atoms with Crippen molar-refractivity contribution in [3.8, 4) is 5.75 Å². The highest BCUT2D eigenvalue weighted by molar-refractivity contribution is 7.98. The van der Waals surface area contributed by atoms with Gasteiger partial charge in [-0.1, -0.05) is 35.9 Å². The summed E-state index contributed by atoms with van der Waals surface area (Å²) in [7, 11) is -1.86. The Morgan fingerprint density at radius 2 is 1.69 bits per heavy atom. The molecule has 0 saturated heterocycles. The number of sulfonamides is 1. The monoisotopic (exact) mass is 490 g/mol. The first kappa shape index (κ1) is 24.0. The van der Waals surface area contributed by atoms with Gasteiger partial charge in [-0.15, -0.1) is 11.8 Å². The lowest BCUT2D eigenvalue weighted by molar-refractivity contribution is -0.118. The lowest BCUT2D eigenvalue weighted by Crippen LogP contribution is -2.24. The van der Waals surface area contributed by atoms with Crippen LogP contribution in [0.3, 0.4) is 0 Å². The highest BCUT2D eigenvalue weighted by Crippen LogP contribution is 2.30. The van der Waals surface area contributed by atoms with Crippen molar-refractivity contribution in [2.75, 3.05) is 29.5 Å². The van der Waals surface area contributed by atoms with Crippen molar-refractivity contribution in [2.45, 2.75) is 10.6 Å². The second kappa shape index (κ2) is 10.8. The third-order valence-electron chi connectivity index (χ3n) is 4.54. The molecule has 0 bridgehead atoms. The van der Waals surface area contributed by atoms with Crippen molar-refractivity contribution in [2.24, 2.45) is 0 Å². The summed E-state index contributed by atoms with van der Waals surface area (Å²) in [6, 6.07) is 21.7. The van der Waals surface area contributed by atoms with Crippen LogP contribution in [0.4, 0.5) is 11.4 Å². The molecule has 0 heterocycles. The second-order valence-electron chi connectivity index (χ2n) is 6.97. The normalized spacial score (nSPS) is 11.1. The van der Waals surface area contributed by atoms with Gasteiger partial charge in [0.1, 0.15) is 5.75 Å². The van der Waals surface area contributed by atoms with E-state index in [9.17, 15) is 13.2 Å². The molecule has 0 saturated carbocycles. The summed E-state index contributed by atoms with van der Waals surface area (Å²) in [6.07, 6.45) is 1.13. The predicted octanol–water partition coefficient (Wildman–Crippen LogP) is 5.05. The van der Waals surface area contributed by atoms with Crippen molar-refractivity contribution < 1.29 is 17.9 Å². The molecule has 0 radical (unpaired) electrons. The minimum absolute atomic E-state index is 0.169. The highest BCUT2D eigenvalue weighted by atomic mass is 35.5. The molecule has 1 amide bonds. The quantitative estimate of drug-likeness (QED) is 0.425. The molecule has 0 spiro atoms. The predicted molar refractivity (Wildman–Crippen MR) is 131 cm³/mol. The minimum atomic E-state index is -3.34. The standard InChI is InChI=1S/C23H23ClN2O4S2/c1-26(32(2,28)29)19-11-13-20(14-12-19)30-15-23(27)25-21-5-3-4-6-22(21)31-16-17-7-9-18(24)10-8-17/h3-14H,15-16H2,1-2H3,(H,25,27). The van der Waals surface area contributed by atoms with Gasteiger partial charge in [0.25, 0.3) is 5.91 Å². The fourth-order valence-corrected chi connectivity index (χ4v) is 4.31. The molecule has 32 heavy (non-hydrogen) atoms. The van der Waals surface area contributed by atoms with E-state index in [1.54, 1.807) is 36.0 Å². The zero-order valence-corrected chi connectivity index (χ0v) is 20.0. The van der Waals surface area contributed by atoms with E-state index in [2.05, 4.69) is 5.32 Å². The number of halogens is 1. The van der Waals surface area contributed by atoms with Crippen LogP contribution in [0.1, 0.15) is 5.56 Å². The van der Waals surface area contributed by atoms with Crippen LogP contribution in [0.5, 0.6) is 5.75 Å². The first-order valence-electron chi connectivity index (χ1n) is 9.65. The molecular formula is C23H23ClN2O4S2. The fraction of sp³-hybridized carbons (Fsp3) is 0.174. The van der Waals surface area contributed by atoms with E-state index in [4.69, 9.17) is 16.3 Å². The van der Waals surface area contributed by atoms with Crippen LogP contribution in [-0.2, 0) is 20.6 Å². The molecule has 6 nitrogen and oxygen atoms in total. The number of benzene rings is 3. The summed E-state index contributed by atoms with van der Waals surface area (Å²) < 4.78 is 29.9. The number of rotatable bonds is 9. The van der Waals surface area contributed by atoms with Gasteiger partial charge >= 0.3 is 0 Å². The molecule has 3 aromatic rings. The summed E-state index contributed by atoms with van der Waals surface area (Å²) in [5, 5.41) is 3.58. The Labute approximate surface area is 197 Å². The van der Waals surface area contributed by atoms with Crippen LogP contribution in [0, 0.1) is 0 Å².